The lowest BCUT2D eigenvalue weighted by molar-refractivity contribution is -0.199. The van der Waals surface area contributed by atoms with Crippen LogP contribution in [-0.2, 0) is 9.47 Å². The summed E-state index contributed by atoms with van der Waals surface area (Å²) in [6, 6.07) is 0. The molecule has 35 heavy (non-hydrogen) atoms. The average Bonchev–Trinajstić information content (AvgIpc) is 2.89. The van der Waals surface area contributed by atoms with Crippen molar-refractivity contribution in [2.24, 2.45) is 41.4 Å². The Morgan fingerprint density at radius 3 is 1.66 bits per heavy atom. The molecule has 0 bridgehead atoms. The van der Waals surface area contributed by atoms with E-state index in [1.54, 1.807) is 0 Å². The van der Waals surface area contributed by atoms with Crippen LogP contribution in [0.25, 0.3) is 0 Å². The van der Waals surface area contributed by atoms with Crippen molar-refractivity contribution in [2.75, 3.05) is 13.2 Å². The van der Waals surface area contributed by atoms with E-state index >= 15 is 0 Å². The Balaban J connectivity index is 1.07. The van der Waals surface area contributed by atoms with Gasteiger partial charge in [-0.2, -0.15) is 8.78 Å². The molecule has 1 heterocycles. The van der Waals surface area contributed by atoms with E-state index < -0.39 is 6.08 Å². The summed E-state index contributed by atoms with van der Waals surface area (Å²) in [6.07, 6.45) is 24.3. The van der Waals surface area contributed by atoms with Crippen molar-refractivity contribution >= 4 is 0 Å². The van der Waals surface area contributed by atoms with Gasteiger partial charge in [0.15, 0.2) is 6.29 Å². The summed E-state index contributed by atoms with van der Waals surface area (Å²) in [5.74, 6) is 5.19. The molecule has 4 rings (SSSR count). The Hall–Kier alpha value is -0.740. The fourth-order valence-electron chi connectivity index (χ4n) is 7.73. The van der Waals surface area contributed by atoms with Crippen LogP contribution in [0, 0.1) is 41.4 Å². The molecule has 1 aliphatic heterocycles. The van der Waals surface area contributed by atoms with E-state index in [0.29, 0.717) is 5.92 Å². The molecule has 0 aromatic rings. The molecule has 0 radical (unpaired) electrons. The van der Waals surface area contributed by atoms with Gasteiger partial charge in [0, 0.05) is 12.3 Å². The van der Waals surface area contributed by atoms with Crippen LogP contribution >= 0.6 is 0 Å². The summed E-state index contributed by atoms with van der Waals surface area (Å²) >= 11 is 0. The molecule has 4 heteroatoms. The monoisotopic (exact) mass is 492 g/mol. The number of rotatable bonds is 9. The molecule has 0 spiro atoms. The molecule has 0 aromatic carbocycles. The quantitative estimate of drug-likeness (QED) is 0.299. The van der Waals surface area contributed by atoms with Gasteiger partial charge >= 0.3 is 0 Å². The number of hydrogen-bond acceptors (Lipinski definition) is 2. The van der Waals surface area contributed by atoms with E-state index in [2.05, 4.69) is 19.1 Å². The van der Waals surface area contributed by atoms with Crippen LogP contribution < -0.4 is 0 Å². The van der Waals surface area contributed by atoms with Gasteiger partial charge in [0.2, 0.25) is 0 Å². The molecular weight excluding hydrogens is 442 g/mol. The number of ether oxygens (including phenoxy) is 2. The number of halogens is 2. The largest absolute Gasteiger partial charge is 0.352 e. The molecule has 0 atom stereocenters. The van der Waals surface area contributed by atoms with Gasteiger partial charge in [-0.15, -0.1) is 0 Å². The molecule has 0 unspecified atom stereocenters. The standard InChI is InChI=1S/C31H50F2O2/c1-2-3-4-5-31-34-21-25(22-35-31)7-6-23-8-12-26(13-9-23)28-16-18-29(19-17-28)27-14-10-24(11-15-27)20-30(32)33/h3-4,20,23-29,31H,2,5-19,21-22H2,1H3/b4-3+. The van der Waals surface area contributed by atoms with Crippen LogP contribution in [0.2, 0.25) is 0 Å². The molecule has 0 aromatic heterocycles. The first-order chi connectivity index (χ1) is 17.1. The fraction of sp³-hybridized carbons (Fsp3) is 0.871. The third kappa shape index (κ3) is 8.66. The van der Waals surface area contributed by atoms with Gasteiger partial charge in [-0.1, -0.05) is 38.3 Å². The van der Waals surface area contributed by atoms with Gasteiger partial charge in [-0.05, 0) is 119 Å². The number of hydrogen-bond donors (Lipinski definition) is 0. The predicted molar refractivity (Wildman–Crippen MR) is 139 cm³/mol. The summed E-state index contributed by atoms with van der Waals surface area (Å²) in [5, 5.41) is 0. The zero-order valence-corrected chi connectivity index (χ0v) is 22.2. The highest BCUT2D eigenvalue weighted by atomic mass is 19.3. The zero-order chi connectivity index (χ0) is 24.5. The highest BCUT2D eigenvalue weighted by Gasteiger charge is 2.34. The second-order valence-electron chi connectivity index (χ2n) is 12.2. The van der Waals surface area contributed by atoms with Gasteiger partial charge < -0.3 is 9.47 Å². The van der Waals surface area contributed by atoms with Crippen LogP contribution in [0.5, 0.6) is 0 Å². The first-order valence-electron chi connectivity index (χ1n) is 15.0. The molecule has 4 aliphatic rings. The van der Waals surface area contributed by atoms with Crippen LogP contribution in [-0.4, -0.2) is 19.5 Å². The van der Waals surface area contributed by atoms with Crippen molar-refractivity contribution in [3.8, 4) is 0 Å². The Kier molecular flexibility index (Phi) is 11.1. The topological polar surface area (TPSA) is 18.5 Å². The van der Waals surface area contributed by atoms with Gasteiger partial charge in [-0.25, -0.2) is 0 Å². The van der Waals surface area contributed by atoms with Crippen LogP contribution in [0.1, 0.15) is 110 Å². The van der Waals surface area contributed by atoms with Crippen molar-refractivity contribution in [3.63, 3.8) is 0 Å². The van der Waals surface area contributed by atoms with Crippen LogP contribution in [0.15, 0.2) is 24.3 Å². The Morgan fingerprint density at radius 2 is 1.14 bits per heavy atom. The fourth-order valence-corrected chi connectivity index (χ4v) is 7.73. The first-order valence-corrected chi connectivity index (χ1v) is 15.0. The molecule has 200 valence electrons. The molecular formula is C31H50F2O2. The minimum absolute atomic E-state index is 0.0299. The Morgan fingerprint density at radius 1 is 0.657 bits per heavy atom. The lowest BCUT2D eigenvalue weighted by Gasteiger charge is -2.41. The number of allylic oxidation sites excluding steroid dienone is 2. The second-order valence-corrected chi connectivity index (χ2v) is 12.2. The molecule has 0 N–H and O–H groups in total. The third-order valence-electron chi connectivity index (χ3n) is 9.97. The minimum Gasteiger partial charge on any atom is -0.352 e. The molecule has 3 aliphatic carbocycles. The predicted octanol–water partition coefficient (Wildman–Crippen LogP) is 9.31. The molecule has 1 saturated heterocycles. The van der Waals surface area contributed by atoms with E-state index in [9.17, 15) is 8.78 Å². The molecule has 0 amide bonds. The summed E-state index contributed by atoms with van der Waals surface area (Å²) in [7, 11) is 0. The van der Waals surface area contributed by atoms with Crippen molar-refractivity contribution in [1.82, 2.24) is 0 Å². The van der Waals surface area contributed by atoms with Crippen molar-refractivity contribution in [3.05, 3.63) is 24.3 Å². The highest BCUT2D eigenvalue weighted by Crippen LogP contribution is 2.46. The van der Waals surface area contributed by atoms with Crippen molar-refractivity contribution < 1.29 is 18.3 Å². The average molecular weight is 493 g/mol. The molecule has 3 saturated carbocycles. The van der Waals surface area contributed by atoms with E-state index in [1.807, 2.05) is 0 Å². The van der Waals surface area contributed by atoms with Gasteiger partial charge in [-0.3, -0.25) is 0 Å². The Labute approximate surface area is 213 Å². The lowest BCUT2D eigenvalue weighted by Crippen LogP contribution is -2.32. The summed E-state index contributed by atoms with van der Waals surface area (Å²) in [5.41, 5.74) is 0. The summed E-state index contributed by atoms with van der Waals surface area (Å²) in [4.78, 5) is 0. The smallest absolute Gasteiger partial charge is 0.266 e. The van der Waals surface area contributed by atoms with Gasteiger partial charge in [0.05, 0.1) is 13.2 Å². The third-order valence-corrected chi connectivity index (χ3v) is 9.97. The molecule has 4 fully saturated rings. The van der Waals surface area contributed by atoms with E-state index in [4.69, 9.17) is 9.47 Å². The van der Waals surface area contributed by atoms with Crippen LogP contribution in [0.4, 0.5) is 8.78 Å². The Bertz CT molecular complexity index is 641. The van der Waals surface area contributed by atoms with E-state index in [-0.39, 0.29) is 12.2 Å². The highest BCUT2D eigenvalue weighted by molar-refractivity contribution is 4.93. The maximum atomic E-state index is 12.5. The van der Waals surface area contributed by atoms with E-state index in [0.717, 1.165) is 68.5 Å². The summed E-state index contributed by atoms with van der Waals surface area (Å²) < 4.78 is 37.0. The van der Waals surface area contributed by atoms with Crippen LogP contribution in [0.3, 0.4) is 0 Å². The van der Waals surface area contributed by atoms with Gasteiger partial charge in [0.25, 0.3) is 6.08 Å². The molecule has 2 nitrogen and oxygen atoms in total. The first kappa shape index (κ1) is 27.3. The van der Waals surface area contributed by atoms with Crippen molar-refractivity contribution in [1.29, 1.82) is 0 Å². The maximum Gasteiger partial charge on any atom is 0.266 e. The zero-order valence-electron chi connectivity index (χ0n) is 22.2. The second kappa shape index (κ2) is 14.3. The summed E-state index contributed by atoms with van der Waals surface area (Å²) in [6.45, 7) is 3.89. The SMILES string of the molecule is CC/C=C/CC1OCC(CCC2CCC(C3CCC(C4CCC(C=C(F)F)CC4)CC3)CC2)CO1. The van der Waals surface area contributed by atoms with E-state index in [1.165, 1.54) is 83.1 Å². The normalized spacial score (nSPS) is 38.9. The van der Waals surface area contributed by atoms with Gasteiger partial charge in [0.1, 0.15) is 0 Å². The lowest BCUT2D eigenvalue weighted by atomic mass is 9.65. The van der Waals surface area contributed by atoms with Crippen molar-refractivity contribution in [2.45, 2.75) is 116 Å². The maximum absolute atomic E-state index is 12.5. The minimum atomic E-state index is -1.48.